The number of benzene rings is 1. The molecule has 1 rings (SSSR count). The molecule has 1 aromatic carbocycles. The lowest BCUT2D eigenvalue weighted by Crippen LogP contribution is -2.13. The Balaban J connectivity index is 2.77. The Hall–Kier alpha value is -1.51. The first-order chi connectivity index (χ1) is 9.72. The van der Waals surface area contributed by atoms with Crippen LogP contribution in [0.2, 0.25) is 0 Å². The Bertz CT molecular complexity index is 413. The van der Waals surface area contributed by atoms with Crippen LogP contribution in [0.25, 0.3) is 0 Å². The highest BCUT2D eigenvalue weighted by atomic mass is 16.7. The fraction of sp³-hybridized carbons (Fsp3) is 0.588. The van der Waals surface area contributed by atoms with E-state index in [2.05, 4.69) is 26.8 Å². The lowest BCUT2D eigenvalue weighted by Gasteiger charge is -2.13. The Morgan fingerprint density at radius 1 is 1.05 bits per heavy atom. The Kier molecular flexibility index (Phi) is 7.78. The molecular weight excluding hydrogens is 252 g/mol. The highest BCUT2D eigenvalue weighted by Crippen LogP contribution is 2.25. The lowest BCUT2D eigenvalue weighted by atomic mass is 9.99. The van der Waals surface area contributed by atoms with E-state index in [1.165, 1.54) is 5.56 Å². The average molecular weight is 278 g/mol. The molecule has 1 aromatic rings. The number of unbranched alkanes of at least 4 members (excludes halogenated alkanes) is 1. The fourth-order valence-corrected chi connectivity index (χ4v) is 2.16. The van der Waals surface area contributed by atoms with Crippen molar-refractivity contribution in [1.82, 2.24) is 0 Å². The summed E-state index contributed by atoms with van der Waals surface area (Å²) in [6, 6.07) is 5.91. The van der Waals surface area contributed by atoms with Gasteiger partial charge in [0, 0.05) is 0 Å². The number of aryl methyl sites for hydroxylation is 1. The van der Waals surface area contributed by atoms with Crippen LogP contribution >= 0.6 is 0 Å². The average Bonchev–Trinajstić information content (AvgIpc) is 2.43. The monoisotopic (exact) mass is 278 g/mol. The van der Waals surface area contributed by atoms with E-state index in [0.717, 1.165) is 44.1 Å². The van der Waals surface area contributed by atoms with Crippen LogP contribution in [-0.4, -0.2) is 12.8 Å². The van der Waals surface area contributed by atoms with Crippen molar-refractivity contribution in [2.45, 2.75) is 59.3 Å². The van der Waals surface area contributed by atoms with Crippen LogP contribution in [0.15, 0.2) is 18.2 Å². The maximum absolute atomic E-state index is 11.7. The molecule has 0 radical (unpaired) electrons. The molecule has 0 bridgehead atoms. The minimum Gasteiger partial charge on any atom is -0.434 e. The standard InChI is InChI=1S/C17H26O3/c1-4-7-13-19-17(18)20-16-12-8-11-14(9-5-2)15(16)10-6-3/h8,11-12H,4-7,9-10,13H2,1-3H3. The maximum Gasteiger partial charge on any atom is 0.513 e. The van der Waals surface area contributed by atoms with Crippen LogP contribution in [-0.2, 0) is 17.6 Å². The third-order valence-electron chi connectivity index (χ3n) is 3.16. The van der Waals surface area contributed by atoms with E-state index >= 15 is 0 Å². The van der Waals surface area contributed by atoms with Crippen molar-refractivity contribution in [3.8, 4) is 5.75 Å². The second-order valence-corrected chi connectivity index (χ2v) is 4.95. The minimum absolute atomic E-state index is 0.424. The molecule has 0 aliphatic rings. The second kappa shape index (κ2) is 9.40. The summed E-state index contributed by atoms with van der Waals surface area (Å²) >= 11 is 0. The molecule has 0 amide bonds. The van der Waals surface area contributed by atoms with Gasteiger partial charge in [-0.3, -0.25) is 0 Å². The molecule has 0 spiro atoms. The van der Waals surface area contributed by atoms with Crippen molar-refractivity contribution in [2.75, 3.05) is 6.61 Å². The molecule has 0 aliphatic carbocycles. The van der Waals surface area contributed by atoms with E-state index in [-0.39, 0.29) is 0 Å². The van der Waals surface area contributed by atoms with Crippen LogP contribution in [0.5, 0.6) is 5.75 Å². The molecule has 0 aliphatic heterocycles. The molecule has 3 heteroatoms. The van der Waals surface area contributed by atoms with Crippen LogP contribution in [0.1, 0.15) is 57.6 Å². The van der Waals surface area contributed by atoms with Gasteiger partial charge in [0.15, 0.2) is 0 Å². The zero-order valence-corrected chi connectivity index (χ0v) is 12.9. The smallest absolute Gasteiger partial charge is 0.434 e. The summed E-state index contributed by atoms with van der Waals surface area (Å²) in [4.78, 5) is 11.7. The van der Waals surface area contributed by atoms with Crippen molar-refractivity contribution in [3.05, 3.63) is 29.3 Å². The van der Waals surface area contributed by atoms with Crippen molar-refractivity contribution >= 4 is 6.16 Å². The fourth-order valence-electron chi connectivity index (χ4n) is 2.16. The van der Waals surface area contributed by atoms with Crippen LogP contribution in [0.4, 0.5) is 4.79 Å². The number of hydrogen-bond donors (Lipinski definition) is 0. The number of hydrogen-bond acceptors (Lipinski definition) is 3. The largest absolute Gasteiger partial charge is 0.513 e. The van der Waals surface area contributed by atoms with Crippen molar-refractivity contribution in [2.24, 2.45) is 0 Å². The Morgan fingerprint density at radius 3 is 2.45 bits per heavy atom. The molecule has 3 nitrogen and oxygen atoms in total. The summed E-state index contributed by atoms with van der Waals surface area (Å²) in [5.74, 6) is 0.652. The third kappa shape index (κ3) is 5.24. The van der Waals surface area contributed by atoms with Gasteiger partial charge in [0.05, 0.1) is 6.61 Å². The lowest BCUT2D eigenvalue weighted by molar-refractivity contribution is 0.0974. The first-order valence-electron chi connectivity index (χ1n) is 7.68. The molecule has 0 unspecified atom stereocenters. The van der Waals surface area contributed by atoms with Crippen LogP contribution < -0.4 is 4.74 Å². The van der Waals surface area contributed by atoms with E-state index < -0.39 is 6.16 Å². The van der Waals surface area contributed by atoms with Gasteiger partial charge in [0.2, 0.25) is 0 Å². The quantitative estimate of drug-likeness (QED) is 0.385. The number of carbonyl (C=O) groups is 1. The predicted molar refractivity (Wildman–Crippen MR) is 81.3 cm³/mol. The van der Waals surface area contributed by atoms with Gasteiger partial charge in [-0.1, -0.05) is 52.2 Å². The number of rotatable bonds is 8. The molecule has 0 heterocycles. The zero-order valence-electron chi connectivity index (χ0n) is 12.9. The molecule has 0 N–H and O–H groups in total. The minimum atomic E-state index is -0.593. The molecular formula is C17H26O3. The SMILES string of the molecule is CCCCOC(=O)Oc1cccc(CCC)c1CCC. The van der Waals surface area contributed by atoms with Crippen molar-refractivity contribution in [3.63, 3.8) is 0 Å². The van der Waals surface area contributed by atoms with E-state index in [1.54, 1.807) is 0 Å². The summed E-state index contributed by atoms with van der Waals surface area (Å²) < 4.78 is 10.4. The molecule has 0 fully saturated rings. The van der Waals surface area contributed by atoms with Gasteiger partial charge in [0.25, 0.3) is 0 Å². The Morgan fingerprint density at radius 2 is 1.80 bits per heavy atom. The summed E-state index contributed by atoms with van der Waals surface area (Å²) in [6.07, 6.45) is 5.32. The topological polar surface area (TPSA) is 35.5 Å². The highest BCUT2D eigenvalue weighted by Gasteiger charge is 2.13. The predicted octanol–water partition coefficient (Wildman–Crippen LogP) is 4.91. The highest BCUT2D eigenvalue weighted by molar-refractivity contribution is 5.65. The first kappa shape index (κ1) is 16.5. The van der Waals surface area contributed by atoms with Gasteiger partial charge in [-0.15, -0.1) is 0 Å². The van der Waals surface area contributed by atoms with Gasteiger partial charge < -0.3 is 9.47 Å². The van der Waals surface area contributed by atoms with Crippen molar-refractivity contribution < 1.29 is 14.3 Å². The van der Waals surface area contributed by atoms with Gasteiger partial charge in [0.1, 0.15) is 5.75 Å². The number of carbonyl (C=O) groups excluding carboxylic acids is 1. The maximum atomic E-state index is 11.7. The Labute approximate surface area is 122 Å². The van der Waals surface area contributed by atoms with Crippen molar-refractivity contribution in [1.29, 1.82) is 0 Å². The normalized spacial score (nSPS) is 10.3. The summed E-state index contributed by atoms with van der Waals surface area (Å²) in [5, 5.41) is 0. The third-order valence-corrected chi connectivity index (χ3v) is 3.16. The van der Waals surface area contributed by atoms with E-state index in [0.29, 0.717) is 12.4 Å². The summed E-state index contributed by atoms with van der Waals surface area (Å²) in [5.41, 5.74) is 2.41. The summed E-state index contributed by atoms with van der Waals surface area (Å²) in [6.45, 7) is 6.77. The van der Waals surface area contributed by atoms with Gasteiger partial charge in [-0.2, -0.15) is 0 Å². The molecule has 112 valence electrons. The second-order valence-electron chi connectivity index (χ2n) is 4.95. The van der Waals surface area contributed by atoms with Crippen LogP contribution in [0.3, 0.4) is 0 Å². The first-order valence-corrected chi connectivity index (χ1v) is 7.68. The van der Waals surface area contributed by atoms with Gasteiger partial charge >= 0.3 is 6.16 Å². The number of ether oxygens (including phenoxy) is 2. The molecule has 0 aromatic heterocycles. The van der Waals surface area contributed by atoms with E-state index in [4.69, 9.17) is 9.47 Å². The molecule has 0 saturated carbocycles. The van der Waals surface area contributed by atoms with E-state index in [9.17, 15) is 4.79 Å². The molecule has 0 atom stereocenters. The van der Waals surface area contributed by atoms with Gasteiger partial charge in [-0.25, -0.2) is 4.79 Å². The molecule has 0 saturated heterocycles. The van der Waals surface area contributed by atoms with E-state index in [1.807, 2.05) is 12.1 Å². The van der Waals surface area contributed by atoms with Gasteiger partial charge in [-0.05, 0) is 36.5 Å². The van der Waals surface area contributed by atoms with Crippen LogP contribution in [0, 0.1) is 0 Å². The summed E-state index contributed by atoms with van der Waals surface area (Å²) in [7, 11) is 0. The molecule has 20 heavy (non-hydrogen) atoms. The zero-order chi connectivity index (χ0) is 14.8.